The highest BCUT2D eigenvalue weighted by atomic mass is 32.2. The third-order valence-electron chi connectivity index (χ3n) is 2.03. The molecule has 0 aromatic carbocycles. The van der Waals surface area contributed by atoms with Gasteiger partial charge in [0.05, 0.1) is 24.4 Å². The van der Waals surface area contributed by atoms with Gasteiger partial charge in [0.1, 0.15) is 0 Å². The number of carbonyl (C=O) groups is 1. The van der Waals surface area contributed by atoms with Crippen molar-refractivity contribution in [2.75, 3.05) is 19.3 Å². The number of rotatable bonds is 5. The summed E-state index contributed by atoms with van der Waals surface area (Å²) in [6.45, 7) is 0.489. The Kier molecular flexibility index (Phi) is 4.86. The van der Waals surface area contributed by atoms with Crippen LogP contribution in [0, 0.1) is 11.3 Å². The number of thioether (sulfide) groups is 1. The maximum absolute atomic E-state index is 11.6. The summed E-state index contributed by atoms with van der Waals surface area (Å²) in [5.74, 6) is 0.414. The van der Waals surface area contributed by atoms with Crippen LogP contribution in [0.1, 0.15) is 6.42 Å². The molecule has 0 N–H and O–H groups in total. The Morgan fingerprint density at radius 3 is 3.06 bits per heavy atom. The molecule has 0 aliphatic rings. The van der Waals surface area contributed by atoms with Crippen LogP contribution in [0.3, 0.4) is 0 Å². The summed E-state index contributed by atoms with van der Waals surface area (Å²) in [6.07, 6.45) is 3.97. The van der Waals surface area contributed by atoms with Gasteiger partial charge in [-0.15, -0.1) is 11.8 Å². The molecular formula is C10H14N4OS. The zero-order valence-electron chi connectivity index (χ0n) is 9.38. The van der Waals surface area contributed by atoms with Crippen molar-refractivity contribution in [2.24, 2.45) is 7.05 Å². The second-order valence-electron chi connectivity index (χ2n) is 3.36. The van der Waals surface area contributed by atoms with Gasteiger partial charge in [0.15, 0.2) is 0 Å². The van der Waals surface area contributed by atoms with E-state index in [1.165, 1.54) is 11.8 Å². The van der Waals surface area contributed by atoms with Gasteiger partial charge in [-0.3, -0.25) is 9.48 Å². The zero-order valence-corrected chi connectivity index (χ0v) is 10.2. The molecule has 1 heterocycles. The molecule has 0 saturated heterocycles. The van der Waals surface area contributed by atoms with Crippen LogP contribution in [0.4, 0.5) is 0 Å². The summed E-state index contributed by atoms with van der Waals surface area (Å²) in [6, 6.07) is 2.02. The van der Waals surface area contributed by atoms with Crippen LogP contribution in [0.5, 0.6) is 0 Å². The molecule has 0 fully saturated rings. The van der Waals surface area contributed by atoms with Gasteiger partial charge in [-0.25, -0.2) is 0 Å². The Morgan fingerprint density at radius 2 is 2.50 bits per heavy atom. The molecule has 0 aliphatic carbocycles. The number of hydrogen-bond donors (Lipinski definition) is 0. The molecule has 0 aliphatic heterocycles. The number of nitrogens with zero attached hydrogens (tertiary/aromatic N) is 4. The number of aryl methyl sites for hydroxylation is 1. The Labute approximate surface area is 99.0 Å². The number of aromatic nitrogens is 2. The zero-order chi connectivity index (χ0) is 12.0. The summed E-state index contributed by atoms with van der Waals surface area (Å²) in [4.78, 5) is 14.1. The summed E-state index contributed by atoms with van der Waals surface area (Å²) in [5.41, 5.74) is 0. The van der Waals surface area contributed by atoms with E-state index in [9.17, 15) is 4.79 Å². The fourth-order valence-corrected chi connectivity index (χ4v) is 1.93. The average Bonchev–Trinajstić information content (AvgIpc) is 2.68. The third kappa shape index (κ3) is 3.95. The molecule has 1 aromatic heterocycles. The van der Waals surface area contributed by atoms with Crippen molar-refractivity contribution < 1.29 is 4.79 Å². The highest BCUT2D eigenvalue weighted by molar-refractivity contribution is 8.00. The Bertz CT molecular complexity index is 396. The SMILES string of the molecule is CN(CCC#N)C(=O)CSc1cnn(C)c1. The Balaban J connectivity index is 2.32. The minimum Gasteiger partial charge on any atom is -0.344 e. The first-order valence-corrected chi connectivity index (χ1v) is 5.84. The van der Waals surface area contributed by atoms with E-state index in [1.54, 1.807) is 22.8 Å². The Morgan fingerprint density at radius 1 is 1.75 bits per heavy atom. The van der Waals surface area contributed by atoms with E-state index in [4.69, 9.17) is 5.26 Å². The smallest absolute Gasteiger partial charge is 0.232 e. The van der Waals surface area contributed by atoms with Crippen molar-refractivity contribution in [1.82, 2.24) is 14.7 Å². The standard InChI is InChI=1S/C10H14N4OS/c1-13(5-3-4-11)10(15)8-16-9-6-12-14(2)7-9/h6-7H,3,5,8H2,1-2H3. The van der Waals surface area contributed by atoms with Crippen LogP contribution in [0.15, 0.2) is 17.3 Å². The fraction of sp³-hybridized carbons (Fsp3) is 0.500. The number of carbonyl (C=O) groups excluding carboxylic acids is 1. The molecule has 86 valence electrons. The minimum absolute atomic E-state index is 0.0316. The maximum atomic E-state index is 11.6. The van der Waals surface area contributed by atoms with Crippen molar-refractivity contribution in [1.29, 1.82) is 5.26 Å². The molecule has 1 rings (SSSR count). The van der Waals surface area contributed by atoms with Gasteiger partial charge in [-0.1, -0.05) is 0 Å². The molecule has 0 unspecified atom stereocenters. The second-order valence-corrected chi connectivity index (χ2v) is 4.41. The third-order valence-corrected chi connectivity index (χ3v) is 2.96. The molecule has 1 aromatic rings. The largest absolute Gasteiger partial charge is 0.344 e. The Hall–Kier alpha value is -1.48. The lowest BCUT2D eigenvalue weighted by atomic mass is 10.4. The summed E-state index contributed by atoms with van der Waals surface area (Å²) in [5, 5.41) is 12.4. The molecular weight excluding hydrogens is 224 g/mol. The predicted molar refractivity (Wildman–Crippen MR) is 61.8 cm³/mol. The maximum Gasteiger partial charge on any atom is 0.232 e. The van der Waals surface area contributed by atoms with Gasteiger partial charge in [0.25, 0.3) is 0 Å². The first-order chi connectivity index (χ1) is 7.63. The van der Waals surface area contributed by atoms with Gasteiger partial charge in [-0.2, -0.15) is 10.4 Å². The number of hydrogen-bond acceptors (Lipinski definition) is 4. The summed E-state index contributed by atoms with van der Waals surface area (Å²) in [7, 11) is 3.55. The first-order valence-electron chi connectivity index (χ1n) is 4.86. The first kappa shape index (κ1) is 12.6. The van der Waals surface area contributed by atoms with Crippen LogP contribution in [-0.2, 0) is 11.8 Å². The van der Waals surface area contributed by atoms with Crippen LogP contribution in [0.2, 0.25) is 0 Å². The molecule has 0 atom stereocenters. The molecule has 0 radical (unpaired) electrons. The molecule has 16 heavy (non-hydrogen) atoms. The van der Waals surface area contributed by atoms with Crippen molar-refractivity contribution in [2.45, 2.75) is 11.3 Å². The van der Waals surface area contributed by atoms with Crippen molar-refractivity contribution in [3.63, 3.8) is 0 Å². The predicted octanol–water partition coefficient (Wildman–Crippen LogP) is 0.884. The topological polar surface area (TPSA) is 61.9 Å². The van der Waals surface area contributed by atoms with Crippen LogP contribution < -0.4 is 0 Å². The van der Waals surface area contributed by atoms with Crippen LogP contribution in [0.25, 0.3) is 0 Å². The molecule has 5 nitrogen and oxygen atoms in total. The molecule has 0 saturated carbocycles. The van der Waals surface area contributed by atoms with Crippen LogP contribution >= 0.6 is 11.8 Å². The molecule has 0 spiro atoms. The van der Waals surface area contributed by atoms with E-state index in [0.717, 1.165) is 4.90 Å². The van der Waals surface area contributed by atoms with Crippen molar-refractivity contribution in [3.8, 4) is 6.07 Å². The van der Waals surface area contributed by atoms with E-state index in [2.05, 4.69) is 5.10 Å². The molecule has 0 bridgehead atoms. The lowest BCUT2D eigenvalue weighted by Crippen LogP contribution is -2.29. The molecule has 1 amide bonds. The van der Waals surface area contributed by atoms with Gasteiger partial charge >= 0.3 is 0 Å². The number of nitriles is 1. The van der Waals surface area contributed by atoms with Gasteiger partial charge in [0.2, 0.25) is 5.91 Å². The van der Waals surface area contributed by atoms with E-state index in [1.807, 2.05) is 19.3 Å². The van der Waals surface area contributed by atoms with Crippen LogP contribution in [-0.4, -0.2) is 39.9 Å². The average molecular weight is 238 g/mol. The van der Waals surface area contributed by atoms with Gasteiger partial charge < -0.3 is 4.90 Å². The minimum atomic E-state index is 0.0316. The quantitative estimate of drug-likeness (QED) is 0.715. The van der Waals surface area contributed by atoms with E-state index < -0.39 is 0 Å². The normalized spacial score (nSPS) is 9.81. The van der Waals surface area contributed by atoms with E-state index in [-0.39, 0.29) is 5.91 Å². The highest BCUT2D eigenvalue weighted by Crippen LogP contribution is 2.16. The second kappa shape index (κ2) is 6.18. The summed E-state index contributed by atoms with van der Waals surface area (Å²) < 4.78 is 1.70. The summed E-state index contributed by atoms with van der Waals surface area (Å²) >= 11 is 1.45. The lowest BCUT2D eigenvalue weighted by Gasteiger charge is -2.14. The van der Waals surface area contributed by atoms with E-state index >= 15 is 0 Å². The number of amides is 1. The monoisotopic (exact) mass is 238 g/mol. The van der Waals surface area contributed by atoms with Gasteiger partial charge in [-0.05, 0) is 0 Å². The lowest BCUT2D eigenvalue weighted by molar-refractivity contribution is -0.127. The fourth-order valence-electron chi connectivity index (χ4n) is 1.07. The van der Waals surface area contributed by atoms with Crippen molar-refractivity contribution >= 4 is 17.7 Å². The highest BCUT2D eigenvalue weighted by Gasteiger charge is 2.09. The van der Waals surface area contributed by atoms with Gasteiger partial charge in [0, 0.05) is 31.7 Å². The molecule has 6 heteroatoms. The van der Waals surface area contributed by atoms with E-state index in [0.29, 0.717) is 18.7 Å². The van der Waals surface area contributed by atoms with Crippen molar-refractivity contribution in [3.05, 3.63) is 12.4 Å².